The van der Waals surface area contributed by atoms with Crippen molar-refractivity contribution in [2.24, 2.45) is 0 Å². The van der Waals surface area contributed by atoms with E-state index in [-0.39, 0.29) is 0 Å². The average Bonchev–Trinajstić information content (AvgIpc) is 1.89. The maximum atomic E-state index is 8.92. The Kier molecular flexibility index (Phi) is 6.08. The normalized spacial score (nSPS) is 12.0. The third kappa shape index (κ3) is 5.85. The van der Waals surface area contributed by atoms with Crippen molar-refractivity contribution in [1.29, 1.82) is 0 Å². The van der Waals surface area contributed by atoms with Crippen molar-refractivity contribution in [1.82, 2.24) is 0 Å². The summed E-state index contributed by atoms with van der Waals surface area (Å²) in [6.45, 7) is 2.15. The Hall–Kier alpha value is -0.0300. The van der Waals surface area contributed by atoms with E-state index in [9.17, 15) is 0 Å². The van der Waals surface area contributed by atoms with Gasteiger partial charge in [0.1, 0.15) is 0 Å². The molecule has 0 heterocycles. The van der Waals surface area contributed by atoms with E-state index in [1.54, 1.807) is 5.82 Å². The highest BCUT2D eigenvalue weighted by molar-refractivity contribution is 7.20. The van der Waals surface area contributed by atoms with E-state index in [4.69, 9.17) is 5.11 Å². The zero-order valence-corrected chi connectivity index (χ0v) is 7.09. The fraction of sp³-hybridized carbons (Fsp3) is 0.714. The van der Waals surface area contributed by atoms with E-state index in [2.05, 4.69) is 16.2 Å². The lowest BCUT2D eigenvalue weighted by Gasteiger charge is -1.95. The largest absolute Gasteiger partial charge is 0.512 e. The third-order valence-corrected chi connectivity index (χ3v) is 1.61. The molecule has 0 aromatic rings. The third-order valence-electron chi connectivity index (χ3n) is 1.23. The predicted molar refractivity (Wildman–Crippen MR) is 44.6 cm³/mol. The highest BCUT2D eigenvalue weighted by Gasteiger charge is 1.89. The van der Waals surface area contributed by atoms with Gasteiger partial charge in [-0.3, -0.25) is 0 Å². The van der Waals surface area contributed by atoms with Gasteiger partial charge in [0.05, 0.1) is 5.76 Å². The molecule has 0 fully saturated rings. The number of rotatable bonds is 4. The molecule has 54 valence electrons. The topological polar surface area (TPSA) is 20.2 Å². The molecule has 0 aromatic carbocycles. The lowest BCUT2D eigenvalue weighted by atomic mass is 10.2. The molecule has 1 nitrogen and oxygen atoms in total. The number of aliphatic hydroxyl groups is 1. The first-order valence-electron chi connectivity index (χ1n) is 3.41. The van der Waals surface area contributed by atoms with E-state index in [0.29, 0.717) is 5.76 Å². The van der Waals surface area contributed by atoms with E-state index in [0.717, 1.165) is 12.8 Å². The van der Waals surface area contributed by atoms with Crippen LogP contribution in [0.1, 0.15) is 32.6 Å². The Morgan fingerprint density at radius 3 is 2.67 bits per heavy atom. The van der Waals surface area contributed by atoms with Crippen molar-refractivity contribution >= 4 is 9.24 Å². The summed E-state index contributed by atoms with van der Waals surface area (Å²) in [4.78, 5) is 0. The molecule has 0 bridgehead atoms. The minimum Gasteiger partial charge on any atom is -0.512 e. The van der Waals surface area contributed by atoms with E-state index in [1.165, 1.54) is 12.8 Å². The van der Waals surface area contributed by atoms with Crippen molar-refractivity contribution in [3.8, 4) is 0 Å². The maximum absolute atomic E-state index is 8.92. The molecular formula is C7H15OP. The molecule has 0 rings (SSSR count). The summed E-state index contributed by atoms with van der Waals surface area (Å²) in [7, 11) is 2.39. The molecule has 0 aliphatic carbocycles. The molecule has 1 atom stereocenters. The average molecular weight is 146 g/mol. The predicted octanol–water partition coefficient (Wildman–Crippen LogP) is 2.84. The summed E-state index contributed by atoms with van der Waals surface area (Å²) < 4.78 is 0. The maximum Gasteiger partial charge on any atom is 0.0922 e. The molecule has 0 aromatic heterocycles. The molecule has 2 heteroatoms. The number of hydrogen-bond acceptors (Lipinski definition) is 1. The lowest BCUT2D eigenvalue weighted by molar-refractivity contribution is 0.383. The van der Waals surface area contributed by atoms with Gasteiger partial charge >= 0.3 is 0 Å². The van der Waals surface area contributed by atoms with Crippen LogP contribution in [0.3, 0.4) is 0 Å². The second-order valence-corrected chi connectivity index (χ2v) is 2.45. The van der Waals surface area contributed by atoms with Gasteiger partial charge < -0.3 is 5.11 Å². The number of allylic oxidation sites excluding steroid dienone is 1. The molecular weight excluding hydrogens is 131 g/mol. The minimum absolute atomic E-state index is 0.494. The SMILES string of the molecule is CCCCCC(O)=CP. The highest BCUT2D eigenvalue weighted by atomic mass is 31.0. The van der Waals surface area contributed by atoms with Crippen LogP contribution in [0.15, 0.2) is 11.6 Å². The Labute approximate surface area is 59.4 Å². The van der Waals surface area contributed by atoms with Crippen LogP contribution in [0, 0.1) is 0 Å². The van der Waals surface area contributed by atoms with Gasteiger partial charge in [-0.05, 0) is 12.2 Å². The van der Waals surface area contributed by atoms with Gasteiger partial charge in [0.25, 0.3) is 0 Å². The monoisotopic (exact) mass is 146 g/mol. The minimum atomic E-state index is 0.494. The Morgan fingerprint density at radius 1 is 1.56 bits per heavy atom. The molecule has 0 saturated heterocycles. The summed E-state index contributed by atoms with van der Waals surface area (Å²) in [5.41, 5.74) is 0. The summed E-state index contributed by atoms with van der Waals surface area (Å²) in [5, 5.41) is 8.92. The summed E-state index contributed by atoms with van der Waals surface area (Å²) in [6.07, 6.45) is 4.36. The standard InChI is InChI=1S/C7H15OP/c1-2-3-4-5-7(8)6-9/h6,8H,2-5,9H2,1H3. The first-order valence-corrected chi connectivity index (χ1v) is 4.07. The van der Waals surface area contributed by atoms with Gasteiger partial charge in [-0.25, -0.2) is 0 Å². The van der Waals surface area contributed by atoms with Crippen molar-refractivity contribution in [2.75, 3.05) is 0 Å². The number of unbranched alkanes of at least 4 members (excludes halogenated alkanes) is 2. The molecule has 1 unspecified atom stereocenters. The molecule has 1 N–H and O–H groups in total. The Bertz CT molecular complexity index is 88.9. The van der Waals surface area contributed by atoms with E-state index >= 15 is 0 Å². The van der Waals surface area contributed by atoms with Gasteiger partial charge in [0.2, 0.25) is 0 Å². The second-order valence-electron chi connectivity index (χ2n) is 2.12. The van der Waals surface area contributed by atoms with Crippen molar-refractivity contribution < 1.29 is 5.11 Å². The number of aliphatic hydroxyl groups excluding tert-OH is 1. The Balaban J connectivity index is 3.07. The van der Waals surface area contributed by atoms with Gasteiger partial charge in [-0.15, -0.1) is 9.24 Å². The van der Waals surface area contributed by atoms with E-state index < -0.39 is 0 Å². The molecule has 0 aliphatic heterocycles. The van der Waals surface area contributed by atoms with Crippen LogP contribution in [0.25, 0.3) is 0 Å². The highest BCUT2D eigenvalue weighted by Crippen LogP contribution is 2.06. The summed E-state index contributed by atoms with van der Waals surface area (Å²) in [6, 6.07) is 0. The smallest absolute Gasteiger partial charge is 0.0922 e. The summed E-state index contributed by atoms with van der Waals surface area (Å²) >= 11 is 0. The van der Waals surface area contributed by atoms with Crippen LogP contribution in [0.4, 0.5) is 0 Å². The van der Waals surface area contributed by atoms with Gasteiger partial charge in [-0.1, -0.05) is 19.8 Å². The summed E-state index contributed by atoms with van der Waals surface area (Å²) in [5.74, 6) is 2.17. The van der Waals surface area contributed by atoms with Crippen LogP contribution < -0.4 is 0 Å². The van der Waals surface area contributed by atoms with Crippen LogP contribution >= 0.6 is 9.24 Å². The fourth-order valence-electron chi connectivity index (χ4n) is 0.639. The van der Waals surface area contributed by atoms with E-state index in [1.807, 2.05) is 0 Å². The fourth-order valence-corrected chi connectivity index (χ4v) is 0.806. The van der Waals surface area contributed by atoms with Crippen LogP contribution in [0.5, 0.6) is 0 Å². The van der Waals surface area contributed by atoms with Gasteiger partial charge in [0, 0.05) is 6.42 Å². The van der Waals surface area contributed by atoms with Crippen molar-refractivity contribution in [3.63, 3.8) is 0 Å². The first kappa shape index (κ1) is 8.97. The zero-order chi connectivity index (χ0) is 7.11. The lowest BCUT2D eigenvalue weighted by Crippen LogP contribution is -1.79. The van der Waals surface area contributed by atoms with Crippen LogP contribution in [-0.4, -0.2) is 5.11 Å². The second kappa shape index (κ2) is 6.10. The number of hydrogen-bond donors (Lipinski definition) is 1. The quantitative estimate of drug-likeness (QED) is 0.367. The first-order chi connectivity index (χ1) is 4.31. The molecule has 0 aliphatic rings. The van der Waals surface area contributed by atoms with Crippen LogP contribution in [0.2, 0.25) is 0 Å². The van der Waals surface area contributed by atoms with Crippen LogP contribution in [-0.2, 0) is 0 Å². The molecule has 0 radical (unpaired) electrons. The molecule has 0 saturated carbocycles. The van der Waals surface area contributed by atoms with Gasteiger partial charge in [0.15, 0.2) is 0 Å². The molecule has 0 amide bonds. The van der Waals surface area contributed by atoms with Crippen molar-refractivity contribution in [3.05, 3.63) is 11.6 Å². The Morgan fingerprint density at radius 2 is 2.22 bits per heavy atom. The molecule has 9 heavy (non-hydrogen) atoms. The zero-order valence-electron chi connectivity index (χ0n) is 5.93. The van der Waals surface area contributed by atoms with Gasteiger partial charge in [-0.2, -0.15) is 0 Å². The van der Waals surface area contributed by atoms with Crippen molar-refractivity contribution in [2.45, 2.75) is 32.6 Å². The molecule has 0 spiro atoms.